The van der Waals surface area contributed by atoms with Gasteiger partial charge in [0.25, 0.3) is 0 Å². The summed E-state index contributed by atoms with van der Waals surface area (Å²) in [5.41, 5.74) is 0.555. The van der Waals surface area contributed by atoms with Gasteiger partial charge in [-0.25, -0.2) is 23.4 Å². The third-order valence-electron chi connectivity index (χ3n) is 6.39. The minimum absolute atomic E-state index is 0.236. The van der Waals surface area contributed by atoms with Crippen LogP contribution >= 0.6 is 0 Å². The number of amides is 1. The van der Waals surface area contributed by atoms with E-state index in [2.05, 4.69) is 15.4 Å². The molecule has 1 atom stereocenters. The van der Waals surface area contributed by atoms with Crippen molar-refractivity contribution in [2.75, 3.05) is 25.6 Å². The van der Waals surface area contributed by atoms with Gasteiger partial charge in [0.15, 0.2) is 5.82 Å². The molecule has 1 amide bonds. The van der Waals surface area contributed by atoms with Crippen molar-refractivity contribution in [2.45, 2.75) is 44.3 Å². The van der Waals surface area contributed by atoms with E-state index < -0.39 is 17.9 Å². The number of ether oxygens (including phenoxy) is 3. The highest BCUT2D eigenvalue weighted by Gasteiger charge is 2.40. The number of nitrogens with one attached hydrogen (secondary N) is 1. The summed E-state index contributed by atoms with van der Waals surface area (Å²) < 4.78 is 45.0. The summed E-state index contributed by atoms with van der Waals surface area (Å²) in [5.74, 6) is 0.490. The molecule has 2 fully saturated rings. The first-order chi connectivity index (χ1) is 16.4. The maximum Gasteiger partial charge on any atom is 0.241 e. The molecule has 1 aliphatic heterocycles. The lowest BCUT2D eigenvalue weighted by atomic mass is 9.82. The molecule has 4 heterocycles. The molecule has 3 aromatic rings. The summed E-state index contributed by atoms with van der Waals surface area (Å²) >= 11 is 0. The number of hydrogen-bond acceptors (Lipinski definition) is 7. The third-order valence-corrected chi connectivity index (χ3v) is 6.39. The van der Waals surface area contributed by atoms with Gasteiger partial charge in [0.2, 0.25) is 12.3 Å². The van der Waals surface area contributed by atoms with E-state index in [1.54, 1.807) is 42.4 Å². The molecule has 34 heavy (non-hydrogen) atoms. The van der Waals surface area contributed by atoms with Crippen molar-refractivity contribution in [3.63, 3.8) is 0 Å². The maximum absolute atomic E-state index is 12.9. The van der Waals surface area contributed by atoms with Gasteiger partial charge in [-0.1, -0.05) is 0 Å². The van der Waals surface area contributed by atoms with E-state index in [0.717, 1.165) is 5.39 Å². The number of nitrogens with zero attached hydrogens (tertiary/aromatic N) is 4. The fraction of sp³-hybridized carbons (Fsp3) is 0.478. The van der Waals surface area contributed by atoms with E-state index in [4.69, 9.17) is 19.2 Å². The van der Waals surface area contributed by atoms with Crippen LogP contribution in [0.5, 0.6) is 5.75 Å². The van der Waals surface area contributed by atoms with Crippen molar-refractivity contribution in [2.24, 2.45) is 5.92 Å². The quantitative estimate of drug-likeness (QED) is 0.561. The number of carbonyl (C=O) groups excluding carboxylic acids is 1. The number of carbonyl (C=O) groups is 1. The van der Waals surface area contributed by atoms with Crippen LogP contribution in [0.2, 0.25) is 0 Å². The Balaban J connectivity index is 1.55. The zero-order valence-electron chi connectivity index (χ0n) is 18.8. The van der Waals surface area contributed by atoms with E-state index in [-0.39, 0.29) is 12.0 Å². The minimum atomic E-state index is -2.34. The number of pyridine rings is 2. The predicted octanol–water partition coefficient (Wildman–Crippen LogP) is 3.46. The molecule has 11 heteroatoms. The molecule has 1 saturated carbocycles. The molecule has 0 unspecified atom stereocenters. The van der Waals surface area contributed by atoms with Crippen LogP contribution in [-0.4, -0.2) is 58.5 Å². The molecular formula is C23H25F2N5O4. The van der Waals surface area contributed by atoms with Gasteiger partial charge in [0, 0.05) is 62.8 Å². The molecule has 5 rings (SSSR count). The van der Waals surface area contributed by atoms with Gasteiger partial charge in [0.05, 0.1) is 30.1 Å². The zero-order valence-corrected chi connectivity index (χ0v) is 18.8. The lowest BCUT2D eigenvalue weighted by Crippen LogP contribution is -2.37. The first-order valence-electron chi connectivity index (χ1n) is 11.1. The Morgan fingerprint density at radius 2 is 2.12 bits per heavy atom. The highest BCUT2D eigenvalue weighted by Crippen LogP contribution is 2.39. The Bertz CT molecular complexity index is 1210. The largest absolute Gasteiger partial charge is 0.490 e. The van der Waals surface area contributed by atoms with Gasteiger partial charge in [-0.3, -0.25) is 4.79 Å². The van der Waals surface area contributed by atoms with Crippen LogP contribution in [0.4, 0.5) is 14.6 Å². The standard InChI is InChI=1S/C23H25F2N5O4/c1-13(31)28-20-9-18-15(10-26-20)11-27-30(18)21-8-17(34-16-5-14(6-16)22(24)25)7-19(29-21)23(32-2)3-4-33-12-23/h7-11,14,16,22H,3-6,12H2,1-2H3,(H,26,28,31)/t14?,16?,23-/m0/s1. The zero-order chi connectivity index (χ0) is 23.9. The van der Waals surface area contributed by atoms with Crippen molar-refractivity contribution in [3.05, 3.63) is 36.3 Å². The van der Waals surface area contributed by atoms with E-state index in [0.29, 0.717) is 61.1 Å². The van der Waals surface area contributed by atoms with Crippen molar-refractivity contribution in [1.29, 1.82) is 0 Å². The van der Waals surface area contributed by atoms with Crippen molar-refractivity contribution in [3.8, 4) is 11.6 Å². The lowest BCUT2D eigenvalue weighted by molar-refractivity contribution is -0.114. The van der Waals surface area contributed by atoms with Gasteiger partial charge in [0.1, 0.15) is 17.2 Å². The maximum atomic E-state index is 12.9. The van der Waals surface area contributed by atoms with E-state index in [9.17, 15) is 13.6 Å². The molecule has 0 radical (unpaired) electrons. The highest BCUT2D eigenvalue weighted by atomic mass is 19.3. The van der Waals surface area contributed by atoms with Gasteiger partial charge < -0.3 is 19.5 Å². The van der Waals surface area contributed by atoms with Crippen LogP contribution in [0.1, 0.15) is 31.9 Å². The number of alkyl halides is 2. The molecular weight excluding hydrogens is 448 g/mol. The summed E-state index contributed by atoms with van der Waals surface area (Å²) in [4.78, 5) is 20.5. The Kier molecular flexibility index (Phi) is 5.90. The molecule has 0 bridgehead atoms. The van der Waals surface area contributed by atoms with Crippen LogP contribution in [-0.2, 0) is 19.9 Å². The number of methoxy groups -OCH3 is 1. The molecule has 1 N–H and O–H groups in total. The van der Waals surface area contributed by atoms with Gasteiger partial charge >= 0.3 is 0 Å². The predicted molar refractivity (Wildman–Crippen MR) is 118 cm³/mol. The first kappa shape index (κ1) is 22.6. The fourth-order valence-corrected chi connectivity index (χ4v) is 4.37. The average Bonchev–Trinajstić information content (AvgIpc) is 3.43. The summed E-state index contributed by atoms with van der Waals surface area (Å²) in [6.45, 7) is 2.28. The molecule has 0 spiro atoms. The molecule has 3 aromatic heterocycles. The fourth-order valence-electron chi connectivity index (χ4n) is 4.37. The molecule has 9 nitrogen and oxygen atoms in total. The number of aromatic nitrogens is 4. The van der Waals surface area contributed by atoms with Crippen molar-refractivity contribution < 1.29 is 27.8 Å². The lowest BCUT2D eigenvalue weighted by Gasteiger charge is -2.35. The molecule has 1 saturated heterocycles. The van der Waals surface area contributed by atoms with E-state index in [1.807, 2.05) is 0 Å². The number of anilines is 1. The molecule has 0 aromatic carbocycles. The van der Waals surface area contributed by atoms with E-state index >= 15 is 0 Å². The van der Waals surface area contributed by atoms with Crippen LogP contribution in [0.25, 0.3) is 16.7 Å². The second-order valence-electron chi connectivity index (χ2n) is 8.72. The number of rotatable bonds is 7. The Hall–Kier alpha value is -3.18. The first-order valence-corrected chi connectivity index (χ1v) is 11.1. The Morgan fingerprint density at radius 1 is 1.29 bits per heavy atom. The summed E-state index contributed by atoms with van der Waals surface area (Å²) in [6.07, 6.45) is 1.87. The minimum Gasteiger partial charge on any atom is -0.490 e. The molecule has 2 aliphatic rings. The monoisotopic (exact) mass is 473 g/mol. The van der Waals surface area contributed by atoms with E-state index in [1.165, 1.54) is 6.92 Å². The Labute approximate surface area is 194 Å². The second kappa shape index (κ2) is 8.88. The van der Waals surface area contributed by atoms with Crippen LogP contribution < -0.4 is 10.1 Å². The third kappa shape index (κ3) is 4.21. The van der Waals surface area contributed by atoms with Crippen LogP contribution in [0, 0.1) is 5.92 Å². The normalized spacial score (nSPS) is 24.4. The smallest absolute Gasteiger partial charge is 0.241 e. The van der Waals surface area contributed by atoms with Crippen LogP contribution in [0.3, 0.4) is 0 Å². The van der Waals surface area contributed by atoms with Gasteiger partial charge in [-0.2, -0.15) is 5.10 Å². The summed E-state index contributed by atoms with van der Waals surface area (Å²) in [5, 5.41) is 7.89. The van der Waals surface area contributed by atoms with Gasteiger partial charge in [-0.05, 0) is 12.8 Å². The summed E-state index contributed by atoms with van der Waals surface area (Å²) in [7, 11) is 1.61. The number of halogens is 2. The average molecular weight is 473 g/mol. The highest BCUT2D eigenvalue weighted by molar-refractivity contribution is 5.90. The molecule has 180 valence electrons. The van der Waals surface area contributed by atoms with Crippen LogP contribution in [0.15, 0.2) is 30.6 Å². The summed E-state index contributed by atoms with van der Waals surface area (Å²) in [6, 6.07) is 5.22. The topological polar surface area (TPSA) is 100 Å². The SMILES string of the molecule is CO[C@@]1(c2cc(OC3CC(C(F)F)C3)cc(-n3ncc4cnc(NC(C)=O)cc43)n2)CCOC1. The molecule has 1 aliphatic carbocycles. The second-order valence-corrected chi connectivity index (χ2v) is 8.72. The number of fused-ring (bicyclic) bond motifs is 1. The van der Waals surface area contributed by atoms with Crippen molar-refractivity contribution in [1.82, 2.24) is 19.7 Å². The number of hydrogen-bond donors (Lipinski definition) is 1. The Morgan fingerprint density at radius 3 is 2.79 bits per heavy atom. The van der Waals surface area contributed by atoms with Gasteiger partial charge in [-0.15, -0.1) is 0 Å². The van der Waals surface area contributed by atoms with Crippen molar-refractivity contribution >= 4 is 22.6 Å².